The summed E-state index contributed by atoms with van der Waals surface area (Å²) in [5.74, 6) is -0.402. The quantitative estimate of drug-likeness (QED) is 0.703. The zero-order chi connectivity index (χ0) is 15.2. The molecule has 0 aromatic heterocycles. The molecule has 2 N–H and O–H groups in total. The molecule has 20 heavy (non-hydrogen) atoms. The van der Waals surface area contributed by atoms with Gasteiger partial charge in [-0.15, -0.1) is 0 Å². The van der Waals surface area contributed by atoms with Crippen LogP contribution in [0.25, 0.3) is 0 Å². The van der Waals surface area contributed by atoms with Crippen LogP contribution in [-0.4, -0.2) is 40.6 Å². The maximum Gasteiger partial charge on any atom is 0.241 e. The zero-order valence-electron chi connectivity index (χ0n) is 11.2. The lowest BCUT2D eigenvalue weighted by Crippen LogP contribution is -2.45. The first-order chi connectivity index (χ1) is 9.36. The molecule has 0 heterocycles. The number of halogens is 1. The maximum atomic E-state index is 12.1. The fourth-order valence-electron chi connectivity index (χ4n) is 1.42. The third-order valence-electron chi connectivity index (χ3n) is 2.44. The van der Waals surface area contributed by atoms with Crippen LogP contribution in [0.15, 0.2) is 33.6 Å². The minimum atomic E-state index is -3.73. The largest absolute Gasteiger partial charge is 0.383 e. The summed E-state index contributed by atoms with van der Waals surface area (Å²) in [7, 11) is -2.21. The van der Waals surface area contributed by atoms with Crippen molar-refractivity contribution in [2.45, 2.75) is 17.9 Å². The van der Waals surface area contributed by atoms with Crippen LogP contribution in [0.1, 0.15) is 6.92 Å². The van der Waals surface area contributed by atoms with E-state index in [-0.39, 0.29) is 4.90 Å². The van der Waals surface area contributed by atoms with Crippen molar-refractivity contribution >= 4 is 31.9 Å². The average Bonchev–Trinajstić information content (AvgIpc) is 2.38. The Kier molecular flexibility index (Phi) is 6.60. The Morgan fingerprint density at radius 1 is 1.45 bits per heavy atom. The highest BCUT2D eigenvalue weighted by Crippen LogP contribution is 2.16. The predicted octanol–water partition coefficient (Wildman–Crippen LogP) is 0.878. The van der Waals surface area contributed by atoms with Gasteiger partial charge in [-0.3, -0.25) is 4.79 Å². The maximum absolute atomic E-state index is 12.1. The van der Waals surface area contributed by atoms with Crippen LogP contribution in [0, 0.1) is 0 Å². The monoisotopic (exact) mass is 364 g/mol. The van der Waals surface area contributed by atoms with Crippen molar-refractivity contribution in [3.8, 4) is 0 Å². The third kappa shape index (κ3) is 5.20. The van der Waals surface area contributed by atoms with Crippen molar-refractivity contribution in [2.75, 3.05) is 20.3 Å². The molecule has 0 saturated carbocycles. The van der Waals surface area contributed by atoms with Crippen LogP contribution in [-0.2, 0) is 19.6 Å². The van der Waals surface area contributed by atoms with Gasteiger partial charge in [0.15, 0.2) is 0 Å². The van der Waals surface area contributed by atoms with Crippen molar-refractivity contribution < 1.29 is 17.9 Å². The van der Waals surface area contributed by atoms with Crippen LogP contribution in [0.4, 0.5) is 0 Å². The van der Waals surface area contributed by atoms with Gasteiger partial charge in [0.25, 0.3) is 0 Å². The van der Waals surface area contributed by atoms with Crippen molar-refractivity contribution in [3.05, 3.63) is 28.7 Å². The zero-order valence-corrected chi connectivity index (χ0v) is 13.6. The normalized spacial score (nSPS) is 12.9. The van der Waals surface area contributed by atoms with Gasteiger partial charge in [0, 0.05) is 18.1 Å². The number of carbonyl (C=O) groups is 1. The van der Waals surface area contributed by atoms with Crippen molar-refractivity contribution in [1.29, 1.82) is 0 Å². The Hall–Kier alpha value is -0.960. The van der Waals surface area contributed by atoms with E-state index in [2.05, 4.69) is 26.0 Å². The summed E-state index contributed by atoms with van der Waals surface area (Å²) in [6.07, 6.45) is 0. The van der Waals surface area contributed by atoms with Crippen molar-refractivity contribution in [2.24, 2.45) is 0 Å². The van der Waals surface area contributed by atoms with E-state index in [1.54, 1.807) is 12.1 Å². The molecule has 112 valence electrons. The number of rotatable bonds is 7. The van der Waals surface area contributed by atoms with E-state index >= 15 is 0 Å². The second kappa shape index (κ2) is 7.72. The Bertz CT molecular complexity index is 562. The van der Waals surface area contributed by atoms with Gasteiger partial charge in [-0.25, -0.2) is 8.42 Å². The number of amides is 1. The molecule has 0 spiro atoms. The standard InChI is InChI=1S/C12H17BrN2O4S/c1-9(12(16)14-6-7-19-2)15-20(17,18)11-5-3-4-10(13)8-11/h3-5,8-9,15H,6-7H2,1-2H3,(H,14,16). The van der Waals surface area contributed by atoms with Gasteiger partial charge in [0.05, 0.1) is 17.5 Å². The number of methoxy groups -OCH3 is 1. The number of sulfonamides is 1. The predicted molar refractivity (Wildman–Crippen MR) is 78.8 cm³/mol. The smallest absolute Gasteiger partial charge is 0.241 e. The van der Waals surface area contributed by atoms with E-state index < -0.39 is 22.0 Å². The molecule has 0 radical (unpaired) electrons. The highest BCUT2D eigenvalue weighted by atomic mass is 79.9. The van der Waals surface area contributed by atoms with E-state index in [0.717, 1.165) is 0 Å². The molecule has 0 aliphatic carbocycles. The lowest BCUT2D eigenvalue weighted by Gasteiger charge is -2.14. The molecular formula is C12H17BrN2O4S. The first kappa shape index (κ1) is 17.1. The van der Waals surface area contributed by atoms with Gasteiger partial charge in [0.2, 0.25) is 15.9 Å². The minimum absolute atomic E-state index is 0.100. The molecule has 0 aliphatic rings. The highest BCUT2D eigenvalue weighted by molar-refractivity contribution is 9.10. The molecule has 8 heteroatoms. The van der Waals surface area contributed by atoms with Crippen LogP contribution in [0.2, 0.25) is 0 Å². The number of carbonyl (C=O) groups excluding carboxylic acids is 1. The molecule has 0 aliphatic heterocycles. The first-order valence-electron chi connectivity index (χ1n) is 5.91. The van der Waals surface area contributed by atoms with Gasteiger partial charge < -0.3 is 10.1 Å². The Morgan fingerprint density at radius 3 is 2.75 bits per heavy atom. The fourth-order valence-corrected chi connectivity index (χ4v) is 3.22. The van der Waals surface area contributed by atoms with Crippen LogP contribution in [0.5, 0.6) is 0 Å². The van der Waals surface area contributed by atoms with E-state index in [4.69, 9.17) is 4.74 Å². The number of hydrogen-bond acceptors (Lipinski definition) is 4. The summed E-state index contributed by atoms with van der Waals surface area (Å²) in [6, 6.07) is 5.40. The van der Waals surface area contributed by atoms with Crippen LogP contribution < -0.4 is 10.0 Å². The molecule has 1 aromatic rings. The van der Waals surface area contributed by atoms with E-state index in [0.29, 0.717) is 17.6 Å². The average molecular weight is 365 g/mol. The molecule has 1 unspecified atom stereocenters. The van der Waals surface area contributed by atoms with Gasteiger partial charge in [0.1, 0.15) is 0 Å². The summed E-state index contributed by atoms with van der Waals surface area (Å²) >= 11 is 3.21. The van der Waals surface area contributed by atoms with Gasteiger partial charge in [-0.1, -0.05) is 22.0 Å². The van der Waals surface area contributed by atoms with E-state index in [9.17, 15) is 13.2 Å². The summed E-state index contributed by atoms with van der Waals surface area (Å²) in [5.41, 5.74) is 0. The Balaban J connectivity index is 2.68. The second-order valence-electron chi connectivity index (χ2n) is 4.08. The molecule has 6 nitrogen and oxygen atoms in total. The first-order valence-corrected chi connectivity index (χ1v) is 8.19. The molecule has 1 aromatic carbocycles. The summed E-state index contributed by atoms with van der Waals surface area (Å²) in [4.78, 5) is 11.8. The minimum Gasteiger partial charge on any atom is -0.383 e. The lowest BCUT2D eigenvalue weighted by atomic mass is 10.3. The van der Waals surface area contributed by atoms with Gasteiger partial charge >= 0.3 is 0 Å². The molecule has 0 bridgehead atoms. The van der Waals surface area contributed by atoms with E-state index in [1.807, 2.05) is 0 Å². The summed E-state index contributed by atoms with van der Waals surface area (Å²) in [5, 5.41) is 2.57. The second-order valence-corrected chi connectivity index (χ2v) is 6.71. The number of ether oxygens (including phenoxy) is 1. The van der Waals surface area contributed by atoms with Crippen LogP contribution >= 0.6 is 15.9 Å². The van der Waals surface area contributed by atoms with Gasteiger partial charge in [-0.2, -0.15) is 4.72 Å². The molecule has 1 atom stereocenters. The van der Waals surface area contributed by atoms with E-state index in [1.165, 1.54) is 26.2 Å². The molecule has 0 saturated heterocycles. The van der Waals surface area contributed by atoms with Crippen molar-refractivity contribution in [3.63, 3.8) is 0 Å². The fraction of sp³-hybridized carbons (Fsp3) is 0.417. The highest BCUT2D eigenvalue weighted by Gasteiger charge is 2.21. The Morgan fingerprint density at radius 2 is 2.15 bits per heavy atom. The SMILES string of the molecule is COCCNC(=O)C(C)NS(=O)(=O)c1cccc(Br)c1. The van der Waals surface area contributed by atoms with Crippen LogP contribution in [0.3, 0.4) is 0 Å². The topological polar surface area (TPSA) is 84.5 Å². The third-order valence-corrected chi connectivity index (χ3v) is 4.47. The van der Waals surface area contributed by atoms with Crippen molar-refractivity contribution in [1.82, 2.24) is 10.0 Å². The summed E-state index contributed by atoms with van der Waals surface area (Å²) in [6.45, 7) is 2.19. The molecule has 1 amide bonds. The lowest BCUT2D eigenvalue weighted by molar-refractivity contribution is -0.122. The number of nitrogens with one attached hydrogen (secondary N) is 2. The molecule has 0 fully saturated rings. The summed E-state index contributed by atoms with van der Waals surface area (Å²) < 4.78 is 32.0. The van der Waals surface area contributed by atoms with Gasteiger partial charge in [-0.05, 0) is 25.1 Å². The number of benzene rings is 1. The molecular weight excluding hydrogens is 348 g/mol. The Labute approximate surface area is 127 Å². The number of hydrogen-bond donors (Lipinski definition) is 2. The molecule has 1 rings (SSSR count).